The van der Waals surface area contributed by atoms with Gasteiger partial charge in [-0.15, -0.1) is 0 Å². The van der Waals surface area contributed by atoms with Crippen LogP contribution < -0.4 is 5.73 Å². The maximum absolute atomic E-state index is 14.9. The van der Waals surface area contributed by atoms with Crippen molar-refractivity contribution in [3.05, 3.63) is 83.7 Å². The lowest BCUT2D eigenvalue weighted by Gasteiger charge is -2.23. The zero-order valence-electron chi connectivity index (χ0n) is 13.6. The number of benzene rings is 3. The van der Waals surface area contributed by atoms with E-state index in [-0.39, 0.29) is 11.1 Å². The smallest absolute Gasteiger partial charge is 0.289 e. The molecule has 0 unspecified atom stereocenters. The fraction of sp³-hybridized carbons (Fsp3) is 0.0500. The molecule has 0 aliphatic heterocycles. The highest BCUT2D eigenvalue weighted by Crippen LogP contribution is 2.46. The number of rotatable bonds is 4. The third-order valence-electron chi connectivity index (χ3n) is 4.07. The molecule has 1 amide bonds. The zero-order chi connectivity index (χ0) is 19.8. The minimum atomic E-state index is -3.59. The molecule has 7 heteroatoms. The lowest BCUT2D eigenvalue weighted by molar-refractivity contribution is -0.125. The molecule has 0 fully saturated rings. The molecule has 138 valence electrons. The molecule has 0 spiro atoms. The summed E-state index contributed by atoms with van der Waals surface area (Å²) in [7, 11) is 0. The Morgan fingerprint density at radius 1 is 0.778 bits per heavy atom. The van der Waals surface area contributed by atoms with Crippen LogP contribution in [-0.2, 0) is 9.92 Å². The third kappa shape index (κ3) is 3.17. The van der Waals surface area contributed by atoms with Crippen molar-refractivity contribution >= 4 is 17.5 Å². The van der Waals surface area contributed by atoms with Gasteiger partial charge in [0.1, 0.15) is 0 Å². The van der Waals surface area contributed by atoms with Crippen molar-refractivity contribution in [1.82, 2.24) is 0 Å². The largest absolute Gasteiger partial charge is 0.365 e. The highest BCUT2D eigenvalue weighted by molar-refractivity contribution is 6.33. The van der Waals surface area contributed by atoms with Crippen molar-refractivity contribution in [2.24, 2.45) is 5.73 Å². The second-order valence-electron chi connectivity index (χ2n) is 5.74. The van der Waals surface area contributed by atoms with E-state index in [1.54, 1.807) is 24.3 Å². The van der Waals surface area contributed by atoms with Crippen LogP contribution in [0.2, 0.25) is 0 Å². The number of primary amides is 1. The standard InChI is InChI=1S/C20H12ClF4NO/c21-20(25,19(26)27)15-13(11-7-3-1-4-8-11)14(12-9-5-2-6-10-12)16(22)18(24)17(15)23/h1-10H,(H2,26,27)/t20-/m0/s1. The van der Waals surface area contributed by atoms with E-state index in [1.807, 2.05) is 0 Å². The zero-order valence-corrected chi connectivity index (χ0v) is 14.4. The summed E-state index contributed by atoms with van der Waals surface area (Å²) < 4.78 is 58.6. The van der Waals surface area contributed by atoms with Crippen molar-refractivity contribution < 1.29 is 22.4 Å². The summed E-state index contributed by atoms with van der Waals surface area (Å²) in [6, 6.07) is 15.1. The summed E-state index contributed by atoms with van der Waals surface area (Å²) in [5.41, 5.74) is 3.25. The summed E-state index contributed by atoms with van der Waals surface area (Å²) in [5, 5.41) is -3.59. The van der Waals surface area contributed by atoms with Crippen molar-refractivity contribution in [2.75, 3.05) is 0 Å². The van der Waals surface area contributed by atoms with Gasteiger partial charge in [0.25, 0.3) is 11.0 Å². The molecule has 0 saturated heterocycles. The molecule has 1 atom stereocenters. The maximum Gasteiger partial charge on any atom is 0.289 e. The van der Waals surface area contributed by atoms with Gasteiger partial charge in [0.2, 0.25) is 0 Å². The topological polar surface area (TPSA) is 43.1 Å². The fourth-order valence-electron chi connectivity index (χ4n) is 2.85. The number of hydrogen-bond donors (Lipinski definition) is 1. The molecule has 3 rings (SSSR count). The van der Waals surface area contributed by atoms with Crippen LogP contribution in [0.25, 0.3) is 22.3 Å². The van der Waals surface area contributed by atoms with Gasteiger partial charge in [0.05, 0.1) is 5.56 Å². The monoisotopic (exact) mass is 393 g/mol. The number of amides is 1. The van der Waals surface area contributed by atoms with Crippen LogP contribution in [0.4, 0.5) is 17.6 Å². The molecule has 0 radical (unpaired) electrons. The van der Waals surface area contributed by atoms with E-state index < -0.39 is 45.2 Å². The molecule has 0 bridgehead atoms. The Hall–Kier alpha value is -2.86. The minimum absolute atomic E-state index is 0.132. The normalized spacial score (nSPS) is 13.2. The lowest BCUT2D eigenvalue weighted by Crippen LogP contribution is -2.34. The van der Waals surface area contributed by atoms with E-state index in [4.69, 9.17) is 17.3 Å². The molecule has 0 aliphatic carbocycles. The van der Waals surface area contributed by atoms with Gasteiger partial charge in [0.15, 0.2) is 17.5 Å². The van der Waals surface area contributed by atoms with E-state index in [1.165, 1.54) is 36.4 Å². The number of halogens is 5. The van der Waals surface area contributed by atoms with E-state index >= 15 is 0 Å². The average molecular weight is 394 g/mol. The Labute approximate surface area is 157 Å². The van der Waals surface area contributed by atoms with E-state index in [9.17, 15) is 22.4 Å². The average Bonchev–Trinajstić information content (AvgIpc) is 2.66. The van der Waals surface area contributed by atoms with Gasteiger partial charge in [-0.25, -0.2) is 17.6 Å². The molecule has 0 aromatic heterocycles. The summed E-state index contributed by atoms with van der Waals surface area (Å²) in [4.78, 5) is 11.5. The van der Waals surface area contributed by atoms with E-state index in [0.29, 0.717) is 0 Å². The fourth-order valence-corrected chi connectivity index (χ4v) is 3.03. The molecular formula is C20H12ClF4NO. The Bertz CT molecular complexity index is 1010. The molecule has 27 heavy (non-hydrogen) atoms. The summed E-state index contributed by atoms with van der Waals surface area (Å²) in [6.45, 7) is 0. The van der Waals surface area contributed by atoms with Crippen LogP contribution in [0.15, 0.2) is 60.7 Å². The number of alkyl halides is 2. The molecule has 2 nitrogen and oxygen atoms in total. The second kappa shape index (κ2) is 7.04. The molecule has 3 aromatic rings. The van der Waals surface area contributed by atoms with Crippen LogP contribution in [0.1, 0.15) is 5.56 Å². The first-order valence-corrected chi connectivity index (χ1v) is 8.14. The number of nitrogens with two attached hydrogens (primary N) is 1. The van der Waals surface area contributed by atoms with Crippen LogP contribution >= 0.6 is 11.6 Å². The summed E-state index contributed by atoms with van der Waals surface area (Å²) in [5.74, 6) is -7.14. The molecule has 0 heterocycles. The summed E-state index contributed by atoms with van der Waals surface area (Å²) >= 11 is 5.57. The van der Waals surface area contributed by atoms with Gasteiger partial charge in [-0.3, -0.25) is 4.79 Å². The molecule has 3 aromatic carbocycles. The first-order chi connectivity index (χ1) is 12.8. The third-order valence-corrected chi connectivity index (χ3v) is 4.45. The van der Waals surface area contributed by atoms with Crippen molar-refractivity contribution in [1.29, 1.82) is 0 Å². The van der Waals surface area contributed by atoms with Crippen LogP contribution in [-0.4, -0.2) is 5.91 Å². The number of carbonyl (C=O) groups excluding carboxylic acids is 1. The van der Waals surface area contributed by atoms with Crippen molar-refractivity contribution in [3.8, 4) is 22.3 Å². The van der Waals surface area contributed by atoms with Crippen molar-refractivity contribution in [3.63, 3.8) is 0 Å². The van der Waals surface area contributed by atoms with Gasteiger partial charge in [-0.1, -0.05) is 72.3 Å². The van der Waals surface area contributed by atoms with Gasteiger partial charge in [-0.2, -0.15) is 0 Å². The molecular weight excluding hydrogens is 382 g/mol. The van der Waals surface area contributed by atoms with Gasteiger partial charge in [0, 0.05) is 11.1 Å². The predicted molar refractivity (Wildman–Crippen MR) is 95.0 cm³/mol. The minimum Gasteiger partial charge on any atom is -0.365 e. The van der Waals surface area contributed by atoms with Gasteiger partial charge >= 0.3 is 0 Å². The Balaban J connectivity index is 2.55. The van der Waals surface area contributed by atoms with Crippen molar-refractivity contribution in [2.45, 2.75) is 5.13 Å². The molecule has 2 N–H and O–H groups in total. The Morgan fingerprint density at radius 2 is 1.22 bits per heavy atom. The summed E-state index contributed by atoms with van der Waals surface area (Å²) in [6.07, 6.45) is 0. The van der Waals surface area contributed by atoms with Crippen LogP contribution in [0, 0.1) is 17.5 Å². The first kappa shape index (κ1) is 18.9. The highest BCUT2D eigenvalue weighted by atomic mass is 35.5. The second-order valence-corrected chi connectivity index (χ2v) is 6.26. The quantitative estimate of drug-likeness (QED) is 0.365. The Kier molecular flexibility index (Phi) is 4.93. The maximum atomic E-state index is 14.9. The van der Waals surface area contributed by atoms with Gasteiger partial charge in [-0.05, 0) is 11.1 Å². The van der Waals surface area contributed by atoms with Gasteiger partial charge < -0.3 is 5.73 Å². The van der Waals surface area contributed by atoms with Crippen LogP contribution in [0.5, 0.6) is 0 Å². The Morgan fingerprint density at radius 3 is 1.67 bits per heavy atom. The lowest BCUT2D eigenvalue weighted by atomic mass is 9.87. The number of carbonyl (C=O) groups is 1. The highest BCUT2D eigenvalue weighted by Gasteiger charge is 2.44. The molecule has 0 saturated carbocycles. The van der Waals surface area contributed by atoms with E-state index in [2.05, 4.69) is 0 Å². The van der Waals surface area contributed by atoms with E-state index in [0.717, 1.165) is 0 Å². The SMILES string of the molecule is NC(=O)[C@](F)(Cl)c1c(F)c(F)c(F)c(-c2ccccc2)c1-c1ccccc1. The molecule has 0 aliphatic rings. The predicted octanol–water partition coefficient (Wildman–Crippen LogP) is 5.28. The first-order valence-electron chi connectivity index (χ1n) is 7.76. The van der Waals surface area contributed by atoms with Crippen LogP contribution in [0.3, 0.4) is 0 Å². The number of hydrogen-bond acceptors (Lipinski definition) is 1.